The third kappa shape index (κ3) is 5.28. The van der Waals surface area contributed by atoms with Crippen molar-refractivity contribution < 1.29 is 22.4 Å². The molecule has 1 N–H and O–H groups in total. The Morgan fingerprint density at radius 2 is 1.77 bits per heavy atom. The van der Waals surface area contributed by atoms with Crippen LogP contribution in [0.4, 0.5) is 0 Å². The van der Waals surface area contributed by atoms with Crippen LogP contribution in [0.25, 0.3) is 0 Å². The van der Waals surface area contributed by atoms with E-state index < -0.39 is 10.0 Å². The van der Waals surface area contributed by atoms with Crippen molar-refractivity contribution >= 4 is 21.8 Å². The second-order valence-electron chi connectivity index (χ2n) is 7.15. The zero-order chi connectivity index (χ0) is 21.6. The van der Waals surface area contributed by atoms with Gasteiger partial charge in [0.05, 0.1) is 17.9 Å². The number of furan rings is 1. The van der Waals surface area contributed by atoms with Crippen molar-refractivity contribution in [3.8, 4) is 0 Å². The van der Waals surface area contributed by atoms with Gasteiger partial charge in [0, 0.05) is 32.7 Å². The number of sulfonamides is 1. The van der Waals surface area contributed by atoms with Gasteiger partial charge in [-0.2, -0.15) is 4.31 Å². The molecule has 0 bridgehead atoms. The summed E-state index contributed by atoms with van der Waals surface area (Å²) in [6, 6.07) is 12.7. The number of carbonyl (C=O) groups is 2. The fourth-order valence-corrected chi connectivity index (χ4v) is 4.88. The van der Waals surface area contributed by atoms with E-state index in [-0.39, 0.29) is 48.9 Å². The maximum Gasteiger partial charge on any atom is 0.289 e. The molecule has 1 aromatic carbocycles. The predicted octanol–water partition coefficient (Wildman–Crippen LogP) is 1.68. The van der Waals surface area contributed by atoms with Crippen LogP contribution in [0, 0.1) is 0 Å². The minimum atomic E-state index is -3.52. The first kappa shape index (κ1) is 22.0. The number of rotatable bonds is 8. The van der Waals surface area contributed by atoms with Gasteiger partial charge < -0.3 is 14.6 Å². The number of nitrogens with zero attached hydrogens (tertiary/aromatic N) is 2. The van der Waals surface area contributed by atoms with Gasteiger partial charge in [-0.25, -0.2) is 8.42 Å². The molecule has 0 saturated carbocycles. The van der Waals surface area contributed by atoms with E-state index >= 15 is 0 Å². The van der Waals surface area contributed by atoms with Gasteiger partial charge in [0.2, 0.25) is 15.9 Å². The Kier molecular flexibility index (Phi) is 7.28. The molecule has 1 saturated heterocycles. The summed E-state index contributed by atoms with van der Waals surface area (Å²) in [6.07, 6.45) is 2.07. The van der Waals surface area contributed by atoms with E-state index in [4.69, 9.17) is 4.42 Å². The van der Waals surface area contributed by atoms with Crippen molar-refractivity contribution in [2.75, 3.05) is 38.5 Å². The average molecular weight is 434 g/mol. The molecule has 1 aliphatic rings. The minimum absolute atomic E-state index is 0.0516. The number of hydrogen-bond acceptors (Lipinski definition) is 5. The van der Waals surface area contributed by atoms with Gasteiger partial charge in [0.15, 0.2) is 5.76 Å². The minimum Gasteiger partial charge on any atom is -0.459 e. The second kappa shape index (κ2) is 9.90. The van der Waals surface area contributed by atoms with Gasteiger partial charge in [-0.15, -0.1) is 0 Å². The van der Waals surface area contributed by atoms with Gasteiger partial charge in [-0.3, -0.25) is 9.59 Å². The maximum atomic E-state index is 12.6. The Bertz CT molecular complexity index is 936. The zero-order valence-electron chi connectivity index (χ0n) is 17.0. The highest BCUT2D eigenvalue weighted by Crippen LogP contribution is 2.19. The molecule has 8 nitrogen and oxygen atoms in total. The number of carbonyl (C=O) groups excluding carboxylic acids is 2. The first-order valence-corrected chi connectivity index (χ1v) is 11.7. The van der Waals surface area contributed by atoms with Crippen LogP contribution in [0.5, 0.6) is 0 Å². The summed E-state index contributed by atoms with van der Waals surface area (Å²) >= 11 is 0. The molecular formula is C21H27N3O5S. The van der Waals surface area contributed by atoms with Crippen LogP contribution in [0.1, 0.15) is 35.4 Å². The van der Waals surface area contributed by atoms with Gasteiger partial charge >= 0.3 is 0 Å². The first-order valence-electron chi connectivity index (χ1n) is 10.1. The largest absolute Gasteiger partial charge is 0.459 e. The smallest absolute Gasteiger partial charge is 0.289 e. The van der Waals surface area contributed by atoms with Gasteiger partial charge in [0.1, 0.15) is 0 Å². The Morgan fingerprint density at radius 1 is 1.07 bits per heavy atom. The summed E-state index contributed by atoms with van der Waals surface area (Å²) < 4.78 is 31.8. The van der Waals surface area contributed by atoms with Crippen LogP contribution in [0.15, 0.2) is 53.1 Å². The Hall–Kier alpha value is -2.65. The number of piperazine rings is 1. The van der Waals surface area contributed by atoms with Crippen molar-refractivity contribution in [2.45, 2.75) is 19.3 Å². The molecule has 30 heavy (non-hydrogen) atoms. The van der Waals surface area contributed by atoms with Crippen LogP contribution >= 0.6 is 0 Å². The molecular weight excluding hydrogens is 406 g/mol. The summed E-state index contributed by atoms with van der Waals surface area (Å²) in [7, 11) is -3.52. The quantitative estimate of drug-likeness (QED) is 0.683. The molecule has 162 valence electrons. The van der Waals surface area contributed by atoms with Gasteiger partial charge in [-0.05, 0) is 24.1 Å². The van der Waals surface area contributed by atoms with Crippen molar-refractivity contribution in [3.63, 3.8) is 0 Å². The van der Waals surface area contributed by atoms with Crippen LogP contribution in [0.3, 0.4) is 0 Å². The lowest BCUT2D eigenvalue weighted by atomic mass is 9.96. The highest BCUT2D eigenvalue weighted by atomic mass is 32.2. The number of nitrogens with one attached hydrogen (secondary N) is 1. The van der Waals surface area contributed by atoms with E-state index in [9.17, 15) is 18.0 Å². The fraction of sp³-hybridized carbons (Fsp3) is 0.429. The van der Waals surface area contributed by atoms with E-state index in [2.05, 4.69) is 5.32 Å². The zero-order valence-corrected chi connectivity index (χ0v) is 17.8. The third-order valence-corrected chi connectivity index (χ3v) is 7.11. The Morgan fingerprint density at radius 3 is 2.37 bits per heavy atom. The monoisotopic (exact) mass is 433 g/mol. The molecule has 3 rings (SSSR count). The standard InChI is InChI=1S/C21H27N3O5S/c1-2-18(17-7-4-3-5-8-17)20(25)22-10-16-30(27,28)24-13-11-23(12-14-24)21(26)19-9-6-15-29-19/h3-9,15,18H,2,10-14,16H2,1H3,(H,22,25). The highest BCUT2D eigenvalue weighted by Gasteiger charge is 2.30. The molecule has 2 amide bonds. The van der Waals surface area contributed by atoms with Crippen molar-refractivity contribution in [3.05, 3.63) is 60.1 Å². The summed E-state index contributed by atoms with van der Waals surface area (Å²) in [5.74, 6) is -0.637. The van der Waals surface area contributed by atoms with Gasteiger partial charge in [0.25, 0.3) is 5.91 Å². The van der Waals surface area contributed by atoms with Crippen molar-refractivity contribution in [1.29, 1.82) is 0 Å². The van der Waals surface area contributed by atoms with Crippen LogP contribution < -0.4 is 5.32 Å². The molecule has 1 atom stereocenters. The molecule has 1 aromatic heterocycles. The average Bonchev–Trinajstić information content (AvgIpc) is 3.29. The molecule has 1 fully saturated rings. The molecule has 0 aliphatic carbocycles. The molecule has 0 spiro atoms. The van der Waals surface area contributed by atoms with E-state index in [0.29, 0.717) is 19.5 Å². The topological polar surface area (TPSA) is 99.9 Å². The third-order valence-electron chi connectivity index (χ3n) is 5.24. The summed E-state index contributed by atoms with van der Waals surface area (Å²) in [5, 5.41) is 2.75. The van der Waals surface area contributed by atoms with Crippen LogP contribution in [-0.2, 0) is 14.8 Å². The van der Waals surface area contributed by atoms with Crippen LogP contribution in [-0.4, -0.2) is 67.9 Å². The lowest BCUT2D eigenvalue weighted by Crippen LogP contribution is -2.51. The van der Waals surface area contributed by atoms with Crippen molar-refractivity contribution in [2.24, 2.45) is 0 Å². The molecule has 9 heteroatoms. The molecule has 2 aromatic rings. The van der Waals surface area contributed by atoms with E-state index in [1.807, 2.05) is 37.3 Å². The second-order valence-corrected chi connectivity index (χ2v) is 9.24. The fourth-order valence-electron chi connectivity index (χ4n) is 3.54. The Balaban J connectivity index is 1.47. The van der Waals surface area contributed by atoms with Gasteiger partial charge in [-0.1, -0.05) is 37.3 Å². The summed E-state index contributed by atoms with van der Waals surface area (Å²) in [6.45, 7) is 3.04. The molecule has 1 unspecified atom stereocenters. The first-order chi connectivity index (χ1) is 14.4. The predicted molar refractivity (Wildman–Crippen MR) is 112 cm³/mol. The lowest BCUT2D eigenvalue weighted by molar-refractivity contribution is -0.122. The summed E-state index contributed by atoms with van der Waals surface area (Å²) in [4.78, 5) is 26.4. The molecule has 0 radical (unpaired) electrons. The van der Waals surface area contributed by atoms with Crippen molar-refractivity contribution in [1.82, 2.24) is 14.5 Å². The van der Waals surface area contributed by atoms with Crippen LogP contribution in [0.2, 0.25) is 0 Å². The van der Waals surface area contributed by atoms with E-state index in [1.54, 1.807) is 17.0 Å². The van der Waals surface area contributed by atoms with E-state index in [0.717, 1.165) is 5.56 Å². The van der Waals surface area contributed by atoms with E-state index in [1.165, 1.54) is 10.6 Å². The highest BCUT2D eigenvalue weighted by molar-refractivity contribution is 7.89. The lowest BCUT2D eigenvalue weighted by Gasteiger charge is -2.33. The number of amides is 2. The molecule has 1 aliphatic heterocycles. The Labute approximate surface area is 176 Å². The summed E-state index contributed by atoms with van der Waals surface area (Å²) in [5.41, 5.74) is 0.915. The molecule has 2 heterocycles. The normalized spacial score (nSPS) is 16.2. The SMILES string of the molecule is CCC(C(=O)NCCS(=O)(=O)N1CCN(C(=O)c2ccco2)CC1)c1ccccc1. The maximum absolute atomic E-state index is 12.6. The number of benzene rings is 1. The number of hydrogen-bond donors (Lipinski definition) is 1.